The summed E-state index contributed by atoms with van der Waals surface area (Å²) in [5, 5.41) is 12.9. The van der Waals surface area contributed by atoms with Crippen molar-refractivity contribution in [3.63, 3.8) is 0 Å². The molecule has 1 aliphatic rings. The average molecular weight is 587 g/mol. The fourth-order valence-corrected chi connectivity index (χ4v) is 5.41. The topological polar surface area (TPSA) is 85.3 Å². The number of carbonyl (C=O) groups is 2. The molecule has 0 unspecified atom stereocenters. The third-order valence-corrected chi connectivity index (χ3v) is 7.96. The predicted octanol–water partition coefficient (Wildman–Crippen LogP) is 4.99. The zero-order valence-electron chi connectivity index (χ0n) is 26.1. The van der Waals surface area contributed by atoms with Gasteiger partial charge in [-0.1, -0.05) is 61.5 Å². The van der Waals surface area contributed by atoms with E-state index in [9.17, 15) is 14.7 Å². The maximum absolute atomic E-state index is 13.7. The second kappa shape index (κ2) is 15.1. The summed E-state index contributed by atoms with van der Waals surface area (Å²) in [6, 6.07) is 23.9. The molecule has 1 aliphatic heterocycles. The summed E-state index contributed by atoms with van der Waals surface area (Å²) in [6.07, 6.45) is 0.951. The molecule has 3 aromatic carbocycles. The van der Waals surface area contributed by atoms with Gasteiger partial charge in [0.25, 0.3) is 5.91 Å². The lowest BCUT2D eigenvalue weighted by Crippen LogP contribution is -2.49. The number of hydrogen-bond acceptors (Lipinski definition) is 6. The molecule has 0 fully saturated rings. The van der Waals surface area contributed by atoms with Crippen molar-refractivity contribution < 1.29 is 19.4 Å². The van der Waals surface area contributed by atoms with Crippen molar-refractivity contribution in [2.45, 2.75) is 45.4 Å². The number of hydrogen-bond donors (Lipinski definition) is 2. The maximum atomic E-state index is 13.7. The Balaban J connectivity index is 1.49. The SMILES string of the molecule is C[C@@H]1CN([C@H](C)CO)C(=O)c2cc(NC(=O)CCCN(C)C)ccc2O[C@H]1CN(C)Cc1ccc(-c2ccccc2)cc1. The first kappa shape index (κ1) is 32.2. The molecular weight excluding hydrogens is 540 g/mol. The first-order chi connectivity index (χ1) is 20.6. The summed E-state index contributed by atoms with van der Waals surface area (Å²) >= 11 is 0. The van der Waals surface area contributed by atoms with Gasteiger partial charge in [-0.25, -0.2) is 0 Å². The van der Waals surface area contributed by atoms with Gasteiger partial charge in [0, 0.05) is 37.7 Å². The van der Waals surface area contributed by atoms with Gasteiger partial charge in [0.2, 0.25) is 5.91 Å². The van der Waals surface area contributed by atoms with Gasteiger partial charge in [0.1, 0.15) is 11.9 Å². The highest BCUT2D eigenvalue weighted by molar-refractivity contribution is 5.99. The van der Waals surface area contributed by atoms with Gasteiger partial charge in [-0.2, -0.15) is 0 Å². The predicted molar refractivity (Wildman–Crippen MR) is 172 cm³/mol. The Hall–Kier alpha value is -3.72. The molecule has 3 aromatic rings. The number of amides is 2. The first-order valence-corrected chi connectivity index (χ1v) is 15.1. The first-order valence-electron chi connectivity index (χ1n) is 15.1. The van der Waals surface area contributed by atoms with Crippen molar-refractivity contribution in [3.05, 3.63) is 83.9 Å². The summed E-state index contributed by atoms with van der Waals surface area (Å²) in [5.41, 5.74) is 4.54. The molecule has 43 heavy (non-hydrogen) atoms. The van der Waals surface area contributed by atoms with Crippen LogP contribution in [0.2, 0.25) is 0 Å². The average Bonchev–Trinajstić information content (AvgIpc) is 2.99. The van der Waals surface area contributed by atoms with Gasteiger partial charge in [-0.05, 0) is 75.9 Å². The van der Waals surface area contributed by atoms with Crippen LogP contribution in [0.25, 0.3) is 11.1 Å². The van der Waals surface area contributed by atoms with Crippen LogP contribution in [-0.4, -0.2) is 91.2 Å². The van der Waals surface area contributed by atoms with E-state index < -0.39 is 0 Å². The van der Waals surface area contributed by atoms with Crippen molar-refractivity contribution in [1.29, 1.82) is 0 Å². The fourth-order valence-electron chi connectivity index (χ4n) is 5.41. The Labute approximate surface area is 256 Å². The minimum absolute atomic E-state index is 0.0186. The number of aliphatic hydroxyl groups is 1. The van der Waals surface area contributed by atoms with E-state index >= 15 is 0 Å². The lowest BCUT2D eigenvalue weighted by molar-refractivity contribution is -0.116. The van der Waals surface area contributed by atoms with Crippen LogP contribution < -0.4 is 10.1 Å². The Morgan fingerprint density at radius 1 is 1.05 bits per heavy atom. The van der Waals surface area contributed by atoms with E-state index in [4.69, 9.17) is 4.74 Å². The van der Waals surface area contributed by atoms with Crippen molar-refractivity contribution in [2.75, 3.05) is 52.7 Å². The molecule has 0 saturated heterocycles. The maximum Gasteiger partial charge on any atom is 0.258 e. The van der Waals surface area contributed by atoms with Gasteiger partial charge < -0.3 is 25.0 Å². The standard InChI is InChI=1S/C35H46N4O4/c1-25-21-39(26(2)24-40)35(42)31-20-30(36-34(41)12-9-19-37(3)4)17-18-32(31)43-33(25)23-38(5)22-27-13-15-29(16-14-27)28-10-7-6-8-11-28/h6-8,10-11,13-18,20,25-26,33,40H,9,12,19,21-24H2,1-5H3,(H,36,41)/t25-,26-,33+/m1/s1. The van der Waals surface area contributed by atoms with Gasteiger partial charge in [0.15, 0.2) is 0 Å². The number of benzene rings is 3. The number of aliphatic hydroxyl groups excluding tert-OH is 1. The highest BCUT2D eigenvalue weighted by Crippen LogP contribution is 2.31. The quantitative estimate of drug-likeness (QED) is 0.311. The number of nitrogens with zero attached hydrogens (tertiary/aromatic N) is 3. The fraction of sp³-hybridized carbons (Fsp3) is 0.429. The zero-order valence-corrected chi connectivity index (χ0v) is 26.1. The lowest BCUT2D eigenvalue weighted by atomic mass is 9.99. The highest BCUT2D eigenvalue weighted by atomic mass is 16.5. The summed E-state index contributed by atoms with van der Waals surface area (Å²) < 4.78 is 6.55. The molecule has 2 N–H and O–H groups in total. The van der Waals surface area contributed by atoms with Crippen LogP contribution in [0, 0.1) is 5.92 Å². The smallest absolute Gasteiger partial charge is 0.258 e. The molecule has 0 spiro atoms. The lowest BCUT2D eigenvalue weighted by Gasteiger charge is -2.38. The van der Waals surface area contributed by atoms with Gasteiger partial charge in [0.05, 0.1) is 18.2 Å². The Kier molecular flexibility index (Phi) is 11.3. The third kappa shape index (κ3) is 8.89. The number of anilines is 1. The Morgan fingerprint density at radius 3 is 2.42 bits per heavy atom. The molecule has 4 rings (SSSR count). The zero-order chi connectivity index (χ0) is 30.9. The normalized spacial score (nSPS) is 17.7. The number of fused-ring (bicyclic) bond motifs is 1. The molecule has 0 aromatic heterocycles. The molecule has 0 aliphatic carbocycles. The van der Waals surface area contributed by atoms with Gasteiger partial charge in [-0.3, -0.25) is 14.5 Å². The van der Waals surface area contributed by atoms with Crippen LogP contribution in [0.4, 0.5) is 5.69 Å². The summed E-state index contributed by atoms with van der Waals surface area (Å²) in [6.45, 7) is 6.48. The Morgan fingerprint density at radius 2 is 1.74 bits per heavy atom. The number of rotatable bonds is 12. The van der Waals surface area contributed by atoms with Gasteiger partial charge in [-0.15, -0.1) is 0 Å². The van der Waals surface area contributed by atoms with E-state index in [1.54, 1.807) is 23.1 Å². The summed E-state index contributed by atoms with van der Waals surface area (Å²) in [7, 11) is 6.04. The molecule has 0 saturated carbocycles. The van der Waals surface area contributed by atoms with Crippen LogP contribution >= 0.6 is 0 Å². The van der Waals surface area contributed by atoms with E-state index in [0.717, 1.165) is 19.5 Å². The van der Waals surface area contributed by atoms with E-state index in [-0.39, 0.29) is 36.5 Å². The third-order valence-electron chi connectivity index (χ3n) is 7.96. The van der Waals surface area contributed by atoms with Crippen LogP contribution in [-0.2, 0) is 11.3 Å². The van der Waals surface area contributed by atoms with E-state index in [1.807, 2.05) is 44.1 Å². The molecule has 3 atom stereocenters. The number of carbonyl (C=O) groups excluding carboxylic acids is 2. The van der Waals surface area contributed by atoms with Gasteiger partial charge >= 0.3 is 0 Å². The molecule has 0 bridgehead atoms. The largest absolute Gasteiger partial charge is 0.488 e. The number of nitrogens with one attached hydrogen (secondary N) is 1. The summed E-state index contributed by atoms with van der Waals surface area (Å²) in [5.74, 6) is 0.205. The van der Waals surface area contributed by atoms with Crippen molar-refractivity contribution in [3.8, 4) is 16.9 Å². The van der Waals surface area contributed by atoms with Crippen molar-refractivity contribution >= 4 is 17.5 Å². The molecule has 1 heterocycles. The van der Waals surface area contributed by atoms with E-state index in [1.165, 1.54) is 16.7 Å². The Bertz CT molecular complexity index is 1350. The van der Waals surface area contributed by atoms with E-state index in [0.29, 0.717) is 36.5 Å². The molecule has 8 nitrogen and oxygen atoms in total. The second-order valence-corrected chi connectivity index (χ2v) is 12.0. The molecule has 2 amide bonds. The number of ether oxygens (including phenoxy) is 1. The van der Waals surface area contributed by atoms with Crippen LogP contribution in [0.15, 0.2) is 72.8 Å². The minimum Gasteiger partial charge on any atom is -0.488 e. The highest BCUT2D eigenvalue weighted by Gasteiger charge is 2.33. The minimum atomic E-state index is -0.355. The molecule has 230 valence electrons. The van der Waals surface area contributed by atoms with Crippen LogP contribution in [0.1, 0.15) is 42.6 Å². The summed E-state index contributed by atoms with van der Waals surface area (Å²) in [4.78, 5) is 32.3. The monoisotopic (exact) mass is 586 g/mol. The van der Waals surface area contributed by atoms with Crippen LogP contribution in [0.5, 0.6) is 5.75 Å². The molecular formula is C35H46N4O4. The second-order valence-electron chi connectivity index (χ2n) is 12.0. The molecule has 8 heteroatoms. The van der Waals surface area contributed by atoms with Crippen LogP contribution in [0.3, 0.4) is 0 Å². The number of likely N-dealkylation sites (N-methyl/N-ethyl adjacent to an activating group) is 1. The molecule has 0 radical (unpaired) electrons. The van der Waals surface area contributed by atoms with Crippen molar-refractivity contribution in [2.24, 2.45) is 5.92 Å². The van der Waals surface area contributed by atoms with E-state index in [2.05, 4.69) is 60.6 Å². The van der Waals surface area contributed by atoms with Crippen molar-refractivity contribution in [1.82, 2.24) is 14.7 Å².